The lowest BCUT2D eigenvalue weighted by atomic mass is 9.88. The Kier molecular flexibility index (Phi) is 8.42. The molecule has 25 heavy (non-hydrogen) atoms. The fourth-order valence-electron chi connectivity index (χ4n) is 3.41. The van der Waals surface area contributed by atoms with E-state index in [9.17, 15) is 4.79 Å². The summed E-state index contributed by atoms with van der Waals surface area (Å²) < 4.78 is 5.97. The van der Waals surface area contributed by atoms with E-state index in [2.05, 4.69) is 43.1 Å². The Labute approximate surface area is 152 Å². The van der Waals surface area contributed by atoms with Crippen molar-refractivity contribution in [3.05, 3.63) is 35.9 Å². The highest BCUT2D eigenvalue weighted by Crippen LogP contribution is 2.25. The molecule has 1 fully saturated rings. The van der Waals surface area contributed by atoms with Gasteiger partial charge < -0.3 is 10.1 Å². The quantitative estimate of drug-likeness (QED) is 0.695. The van der Waals surface area contributed by atoms with Crippen molar-refractivity contribution < 1.29 is 9.53 Å². The van der Waals surface area contributed by atoms with E-state index >= 15 is 0 Å². The lowest BCUT2D eigenvalue weighted by Crippen LogP contribution is -2.41. The summed E-state index contributed by atoms with van der Waals surface area (Å²) in [5.74, 6) is 0.719. The summed E-state index contributed by atoms with van der Waals surface area (Å²) in [6.45, 7) is 8.95. The number of rotatable bonds is 9. The predicted octanol–water partition coefficient (Wildman–Crippen LogP) is 3.61. The van der Waals surface area contributed by atoms with Gasteiger partial charge in [-0.05, 0) is 38.2 Å². The van der Waals surface area contributed by atoms with E-state index in [-0.39, 0.29) is 5.91 Å². The second-order valence-electron chi connectivity index (χ2n) is 7.51. The molecule has 0 aliphatic heterocycles. The van der Waals surface area contributed by atoms with E-state index in [4.69, 9.17) is 4.74 Å². The highest BCUT2D eigenvalue weighted by Gasteiger charge is 2.21. The smallest absolute Gasteiger partial charge is 0.234 e. The van der Waals surface area contributed by atoms with Crippen molar-refractivity contribution in [2.45, 2.75) is 65.1 Å². The maximum atomic E-state index is 12.3. The Morgan fingerprint density at radius 3 is 2.64 bits per heavy atom. The number of benzene rings is 1. The topological polar surface area (TPSA) is 41.6 Å². The molecule has 0 radical (unpaired) electrons. The maximum absolute atomic E-state index is 12.3. The van der Waals surface area contributed by atoms with Gasteiger partial charge in [-0.3, -0.25) is 9.69 Å². The average Bonchev–Trinajstić information content (AvgIpc) is 2.60. The zero-order valence-corrected chi connectivity index (χ0v) is 16.0. The molecule has 4 heteroatoms. The van der Waals surface area contributed by atoms with Gasteiger partial charge in [-0.2, -0.15) is 0 Å². The number of carbonyl (C=O) groups excluding carboxylic acids is 1. The summed E-state index contributed by atoms with van der Waals surface area (Å²) in [5.41, 5.74) is 1.23. The minimum atomic E-state index is 0.0740. The highest BCUT2D eigenvalue weighted by atomic mass is 16.5. The van der Waals surface area contributed by atoms with Gasteiger partial charge in [-0.25, -0.2) is 0 Å². The Morgan fingerprint density at radius 1 is 1.24 bits per heavy atom. The molecule has 1 aliphatic carbocycles. The third kappa shape index (κ3) is 7.17. The van der Waals surface area contributed by atoms with Gasteiger partial charge in [-0.1, -0.05) is 50.1 Å². The van der Waals surface area contributed by atoms with E-state index in [1.807, 2.05) is 18.2 Å². The lowest BCUT2D eigenvalue weighted by Gasteiger charge is -2.29. The lowest BCUT2D eigenvalue weighted by molar-refractivity contribution is -0.123. The number of carbonyl (C=O) groups is 1. The standard InChI is InChI=1S/C21H34N2O2/c1-17(2)23(15-19-10-5-4-6-11-19)16-21(24)22-13-14-25-20-12-8-7-9-18(20)3/h4-6,10-11,17-18,20H,7-9,12-16H2,1-3H3,(H,22,24). The van der Waals surface area contributed by atoms with Crippen molar-refractivity contribution in [1.82, 2.24) is 10.2 Å². The van der Waals surface area contributed by atoms with Crippen LogP contribution in [0.5, 0.6) is 0 Å². The van der Waals surface area contributed by atoms with Crippen molar-refractivity contribution in [2.24, 2.45) is 5.92 Å². The van der Waals surface area contributed by atoms with Crippen LogP contribution in [-0.4, -0.2) is 42.6 Å². The Balaban J connectivity index is 1.68. The first-order chi connectivity index (χ1) is 12.1. The molecular formula is C21H34N2O2. The van der Waals surface area contributed by atoms with Crippen LogP contribution in [-0.2, 0) is 16.1 Å². The van der Waals surface area contributed by atoms with Gasteiger partial charge in [0, 0.05) is 19.1 Å². The fraction of sp³-hybridized carbons (Fsp3) is 0.667. The largest absolute Gasteiger partial charge is 0.376 e. The van der Waals surface area contributed by atoms with Gasteiger partial charge in [0.25, 0.3) is 0 Å². The number of ether oxygens (including phenoxy) is 1. The van der Waals surface area contributed by atoms with Crippen molar-refractivity contribution in [1.29, 1.82) is 0 Å². The van der Waals surface area contributed by atoms with Gasteiger partial charge in [0.15, 0.2) is 0 Å². The molecule has 1 N–H and O–H groups in total. The molecule has 1 aliphatic rings. The molecule has 0 bridgehead atoms. The van der Waals surface area contributed by atoms with Crippen molar-refractivity contribution >= 4 is 5.91 Å². The fourth-order valence-corrected chi connectivity index (χ4v) is 3.41. The summed E-state index contributed by atoms with van der Waals surface area (Å²) in [6.07, 6.45) is 5.39. The van der Waals surface area contributed by atoms with Crippen LogP contribution in [0.2, 0.25) is 0 Å². The zero-order valence-electron chi connectivity index (χ0n) is 16.0. The van der Waals surface area contributed by atoms with E-state index in [0.29, 0.717) is 37.8 Å². The molecule has 140 valence electrons. The van der Waals surface area contributed by atoms with Crippen LogP contribution in [0, 0.1) is 5.92 Å². The first kappa shape index (κ1) is 19.9. The summed E-state index contributed by atoms with van der Waals surface area (Å²) in [6, 6.07) is 10.6. The van der Waals surface area contributed by atoms with Gasteiger partial charge in [-0.15, -0.1) is 0 Å². The van der Waals surface area contributed by atoms with Gasteiger partial charge in [0.2, 0.25) is 5.91 Å². The monoisotopic (exact) mass is 346 g/mol. The van der Waals surface area contributed by atoms with E-state index < -0.39 is 0 Å². The van der Waals surface area contributed by atoms with Gasteiger partial charge in [0.1, 0.15) is 0 Å². The summed E-state index contributed by atoms with van der Waals surface area (Å²) in [5, 5.41) is 3.00. The van der Waals surface area contributed by atoms with Crippen molar-refractivity contribution in [2.75, 3.05) is 19.7 Å². The molecule has 2 atom stereocenters. The van der Waals surface area contributed by atoms with Crippen LogP contribution in [0.25, 0.3) is 0 Å². The zero-order chi connectivity index (χ0) is 18.1. The maximum Gasteiger partial charge on any atom is 0.234 e. The van der Waals surface area contributed by atoms with Crippen LogP contribution in [0.1, 0.15) is 52.0 Å². The minimum absolute atomic E-state index is 0.0740. The highest BCUT2D eigenvalue weighted by molar-refractivity contribution is 5.78. The van der Waals surface area contributed by atoms with E-state index in [1.54, 1.807) is 0 Å². The van der Waals surface area contributed by atoms with Crippen LogP contribution < -0.4 is 5.32 Å². The molecule has 0 saturated heterocycles. The number of nitrogens with one attached hydrogen (secondary N) is 1. The molecule has 4 nitrogen and oxygen atoms in total. The molecule has 0 heterocycles. The number of hydrogen-bond donors (Lipinski definition) is 1. The Morgan fingerprint density at radius 2 is 1.96 bits per heavy atom. The third-order valence-electron chi connectivity index (χ3n) is 5.09. The normalized spacial score (nSPS) is 20.8. The number of hydrogen-bond acceptors (Lipinski definition) is 3. The summed E-state index contributed by atoms with van der Waals surface area (Å²) in [4.78, 5) is 14.4. The number of nitrogens with zero attached hydrogens (tertiary/aromatic N) is 1. The molecule has 0 aromatic heterocycles. The molecule has 0 spiro atoms. The molecule has 1 aromatic rings. The first-order valence-electron chi connectivity index (χ1n) is 9.72. The molecule has 1 saturated carbocycles. The van der Waals surface area contributed by atoms with E-state index in [1.165, 1.54) is 24.8 Å². The van der Waals surface area contributed by atoms with Crippen LogP contribution in [0.3, 0.4) is 0 Å². The third-order valence-corrected chi connectivity index (χ3v) is 5.09. The molecule has 2 rings (SSSR count). The second-order valence-corrected chi connectivity index (χ2v) is 7.51. The molecule has 2 unspecified atom stereocenters. The Hall–Kier alpha value is -1.39. The summed E-state index contributed by atoms with van der Waals surface area (Å²) >= 11 is 0. The molecule has 1 aromatic carbocycles. The SMILES string of the molecule is CC1CCCCC1OCCNC(=O)CN(Cc1ccccc1)C(C)C. The molecule has 1 amide bonds. The predicted molar refractivity (Wildman–Crippen MR) is 102 cm³/mol. The average molecular weight is 347 g/mol. The Bertz CT molecular complexity index is 504. The van der Waals surface area contributed by atoms with Crippen molar-refractivity contribution in [3.63, 3.8) is 0 Å². The molecular weight excluding hydrogens is 312 g/mol. The minimum Gasteiger partial charge on any atom is -0.376 e. The number of amides is 1. The van der Waals surface area contributed by atoms with Crippen molar-refractivity contribution in [3.8, 4) is 0 Å². The second kappa shape index (κ2) is 10.6. The summed E-state index contributed by atoms with van der Waals surface area (Å²) in [7, 11) is 0. The van der Waals surface area contributed by atoms with Crippen LogP contribution >= 0.6 is 0 Å². The van der Waals surface area contributed by atoms with Crippen LogP contribution in [0.4, 0.5) is 0 Å². The van der Waals surface area contributed by atoms with Crippen LogP contribution in [0.15, 0.2) is 30.3 Å². The van der Waals surface area contributed by atoms with E-state index in [0.717, 1.165) is 13.0 Å². The van der Waals surface area contributed by atoms with Gasteiger partial charge in [0.05, 0.1) is 19.3 Å². The first-order valence-corrected chi connectivity index (χ1v) is 9.72. The van der Waals surface area contributed by atoms with Gasteiger partial charge >= 0.3 is 0 Å².